The van der Waals surface area contributed by atoms with Crippen LogP contribution < -0.4 is 4.90 Å². The van der Waals surface area contributed by atoms with E-state index in [0.717, 1.165) is 55.3 Å². The summed E-state index contributed by atoms with van der Waals surface area (Å²) < 4.78 is 0. The molecular formula is C35H41N3O4. The fraction of sp³-hybridized carbons (Fsp3) is 0.429. The first-order valence-corrected chi connectivity index (χ1v) is 15.3. The number of carbonyl (C=O) groups is 3. The predicted molar refractivity (Wildman–Crippen MR) is 166 cm³/mol. The Morgan fingerprint density at radius 3 is 2.45 bits per heavy atom. The Labute approximate surface area is 248 Å². The number of hydrogen-bond donors (Lipinski definition) is 1. The van der Waals surface area contributed by atoms with Crippen molar-refractivity contribution in [2.24, 2.45) is 16.8 Å². The van der Waals surface area contributed by atoms with Crippen LogP contribution in [0.3, 0.4) is 0 Å². The predicted octanol–water partition coefficient (Wildman–Crippen LogP) is 7.06. The largest absolute Gasteiger partial charge is 0.481 e. The molecule has 7 heteroatoms. The molecule has 4 atom stereocenters. The van der Waals surface area contributed by atoms with Crippen molar-refractivity contribution in [3.63, 3.8) is 0 Å². The molecule has 2 aromatic carbocycles. The summed E-state index contributed by atoms with van der Waals surface area (Å²) >= 11 is 0. The van der Waals surface area contributed by atoms with Crippen LogP contribution in [0.15, 0.2) is 72.3 Å². The Balaban J connectivity index is 1.41. The molecule has 5 rings (SSSR count). The van der Waals surface area contributed by atoms with Crippen molar-refractivity contribution in [3.8, 4) is 0 Å². The van der Waals surface area contributed by atoms with E-state index in [0.29, 0.717) is 17.2 Å². The highest BCUT2D eigenvalue weighted by molar-refractivity contribution is 6.07. The molecule has 4 unspecified atom stereocenters. The molecule has 2 amide bonds. The minimum atomic E-state index is -0.960. The number of carboxylic acids is 1. The zero-order chi connectivity index (χ0) is 29.8. The van der Waals surface area contributed by atoms with Gasteiger partial charge in [-0.25, -0.2) is 0 Å². The minimum absolute atomic E-state index is 0.000365. The molecule has 42 heavy (non-hydrogen) atoms. The minimum Gasteiger partial charge on any atom is -0.481 e. The topological polar surface area (TPSA) is 90.3 Å². The van der Waals surface area contributed by atoms with Crippen molar-refractivity contribution in [2.75, 3.05) is 4.90 Å². The molecule has 1 heterocycles. The molecule has 3 aliphatic rings. The molecule has 1 aliphatic heterocycles. The number of aliphatic imine (C=N–C) groups is 1. The third-order valence-corrected chi connectivity index (χ3v) is 8.95. The lowest BCUT2D eigenvalue weighted by molar-refractivity contribution is -0.142. The Hall–Kier alpha value is -4.00. The van der Waals surface area contributed by atoms with Gasteiger partial charge in [0, 0.05) is 41.9 Å². The summed E-state index contributed by atoms with van der Waals surface area (Å²) in [6.45, 7) is 8.40. The van der Waals surface area contributed by atoms with Crippen LogP contribution in [-0.2, 0) is 9.59 Å². The van der Waals surface area contributed by atoms with Crippen LogP contribution in [0.2, 0.25) is 0 Å². The van der Waals surface area contributed by atoms with Gasteiger partial charge in [-0.05, 0) is 67.0 Å². The highest BCUT2D eigenvalue weighted by atomic mass is 16.4. The number of benzene rings is 2. The number of aliphatic carboxylic acids is 1. The molecule has 2 aromatic rings. The average Bonchev–Trinajstić information content (AvgIpc) is 3.72. The molecular weight excluding hydrogens is 526 g/mol. The first kappa shape index (κ1) is 29.5. The van der Waals surface area contributed by atoms with Gasteiger partial charge < -0.3 is 14.9 Å². The number of para-hydroxylation sites is 1. The maximum Gasteiger partial charge on any atom is 0.303 e. The Bertz CT molecular complexity index is 1390. The maximum absolute atomic E-state index is 14.1. The third kappa shape index (κ3) is 6.25. The molecule has 7 nitrogen and oxygen atoms in total. The van der Waals surface area contributed by atoms with Gasteiger partial charge in [0.1, 0.15) is 0 Å². The molecule has 0 saturated heterocycles. The first-order chi connectivity index (χ1) is 20.3. The molecule has 2 saturated carbocycles. The van der Waals surface area contributed by atoms with Crippen molar-refractivity contribution >= 4 is 35.4 Å². The molecule has 2 aliphatic carbocycles. The van der Waals surface area contributed by atoms with Crippen molar-refractivity contribution < 1.29 is 19.5 Å². The number of amides is 2. The number of anilines is 1. The van der Waals surface area contributed by atoms with Crippen LogP contribution in [0.4, 0.5) is 5.69 Å². The summed E-state index contributed by atoms with van der Waals surface area (Å²) in [5.74, 6) is -0.503. The van der Waals surface area contributed by atoms with Crippen molar-refractivity contribution in [1.29, 1.82) is 0 Å². The summed E-state index contributed by atoms with van der Waals surface area (Å²) in [7, 11) is 0. The van der Waals surface area contributed by atoms with Crippen LogP contribution in [-0.4, -0.2) is 46.1 Å². The summed E-state index contributed by atoms with van der Waals surface area (Å²) in [5.41, 5.74) is 3.92. The number of hydrogen-bond acceptors (Lipinski definition) is 4. The van der Waals surface area contributed by atoms with E-state index in [1.54, 1.807) is 6.21 Å². The van der Waals surface area contributed by atoms with Crippen LogP contribution >= 0.6 is 0 Å². The Morgan fingerprint density at radius 2 is 1.76 bits per heavy atom. The van der Waals surface area contributed by atoms with E-state index in [2.05, 4.69) is 31.5 Å². The summed E-state index contributed by atoms with van der Waals surface area (Å²) in [6, 6.07) is 15.4. The molecule has 0 bridgehead atoms. The Morgan fingerprint density at radius 1 is 1.05 bits per heavy atom. The maximum atomic E-state index is 14.1. The fourth-order valence-corrected chi connectivity index (χ4v) is 6.45. The van der Waals surface area contributed by atoms with Gasteiger partial charge in [-0.2, -0.15) is 0 Å². The molecule has 0 radical (unpaired) electrons. The zero-order valence-corrected chi connectivity index (χ0v) is 24.6. The lowest BCUT2D eigenvalue weighted by atomic mass is 9.81. The van der Waals surface area contributed by atoms with E-state index >= 15 is 0 Å². The second kappa shape index (κ2) is 12.9. The van der Waals surface area contributed by atoms with E-state index in [1.165, 1.54) is 0 Å². The van der Waals surface area contributed by atoms with Crippen LogP contribution in [0.5, 0.6) is 0 Å². The second-order valence-electron chi connectivity index (χ2n) is 11.8. The highest BCUT2D eigenvalue weighted by Crippen LogP contribution is 2.53. The molecule has 0 spiro atoms. The average molecular weight is 568 g/mol. The van der Waals surface area contributed by atoms with Gasteiger partial charge in [0.2, 0.25) is 5.91 Å². The van der Waals surface area contributed by atoms with Crippen molar-refractivity contribution in [1.82, 2.24) is 4.90 Å². The normalized spacial score (nSPS) is 22.1. The van der Waals surface area contributed by atoms with E-state index in [9.17, 15) is 19.5 Å². The van der Waals surface area contributed by atoms with E-state index in [4.69, 9.17) is 0 Å². The molecule has 0 aromatic heterocycles. The number of nitrogens with zero attached hydrogens (tertiary/aromatic N) is 3. The fourth-order valence-electron chi connectivity index (χ4n) is 6.45. The summed E-state index contributed by atoms with van der Waals surface area (Å²) in [6.07, 6.45) is 11.4. The van der Waals surface area contributed by atoms with E-state index < -0.39 is 5.97 Å². The summed E-state index contributed by atoms with van der Waals surface area (Å²) in [5, 5.41) is 9.21. The van der Waals surface area contributed by atoms with Crippen molar-refractivity contribution in [3.05, 3.63) is 84.0 Å². The van der Waals surface area contributed by atoms with Gasteiger partial charge in [0.25, 0.3) is 5.91 Å². The standard InChI is InChI=1S/C35H41N3O4/c1-4-23(2)9-8-22-36-24(3)25-14-16-26(17-15-25)35(42)38-30-12-6-5-10-28(30)34(29-11-7-13-31(29)38)37(27-18-19-27)32(39)20-21-33(40)41/h5-6,8-10,12,14-17,22-23,27,29,31,34H,3-4,7,11,13,18-21H2,1-2H3,(H,40,41)/b9-8-,36-22?. The first-order valence-electron chi connectivity index (χ1n) is 15.3. The number of carboxylic acid groups (broad SMARTS) is 1. The number of allylic oxidation sites excluding steroid dienone is 2. The van der Waals surface area contributed by atoms with E-state index in [-0.39, 0.29) is 48.7 Å². The lowest BCUT2D eigenvalue weighted by Gasteiger charge is -2.48. The van der Waals surface area contributed by atoms with Gasteiger partial charge in [0.15, 0.2) is 0 Å². The quantitative estimate of drug-likeness (QED) is 0.295. The van der Waals surface area contributed by atoms with Crippen molar-refractivity contribution in [2.45, 2.75) is 83.3 Å². The number of fused-ring (bicyclic) bond motifs is 2. The third-order valence-electron chi connectivity index (χ3n) is 8.95. The zero-order valence-electron chi connectivity index (χ0n) is 24.6. The van der Waals surface area contributed by atoms with E-state index in [1.807, 2.05) is 64.4 Å². The van der Waals surface area contributed by atoms with Gasteiger partial charge >= 0.3 is 5.97 Å². The monoisotopic (exact) mass is 567 g/mol. The molecule has 1 N–H and O–H groups in total. The number of carbonyl (C=O) groups excluding carboxylic acids is 2. The lowest BCUT2D eigenvalue weighted by Crippen LogP contribution is -2.52. The Kier molecular flexibility index (Phi) is 9.05. The molecule has 2 fully saturated rings. The SMILES string of the molecule is C=C(N=C/C=C\C(C)CC)c1ccc(C(=O)N2c3ccccc3C(N(C(=O)CCC(=O)O)C3CC3)C3CCCC32)cc1. The van der Waals surface area contributed by atoms with Gasteiger partial charge in [-0.1, -0.05) is 69.7 Å². The van der Waals surface area contributed by atoms with Gasteiger partial charge in [0.05, 0.1) is 18.2 Å². The number of rotatable bonds is 11. The van der Waals surface area contributed by atoms with Crippen LogP contribution in [0.25, 0.3) is 5.70 Å². The second-order valence-corrected chi connectivity index (χ2v) is 11.8. The van der Waals surface area contributed by atoms with Gasteiger partial charge in [-0.15, -0.1) is 0 Å². The highest BCUT2D eigenvalue weighted by Gasteiger charge is 2.51. The van der Waals surface area contributed by atoms with Crippen LogP contribution in [0, 0.1) is 11.8 Å². The van der Waals surface area contributed by atoms with Crippen LogP contribution in [0.1, 0.15) is 92.7 Å². The summed E-state index contributed by atoms with van der Waals surface area (Å²) in [4.78, 5) is 47.2. The smallest absolute Gasteiger partial charge is 0.303 e. The molecule has 220 valence electrons. The van der Waals surface area contributed by atoms with Gasteiger partial charge in [-0.3, -0.25) is 19.4 Å².